The number of esters is 1. The minimum absolute atomic E-state index is 0.102. The second kappa shape index (κ2) is 7.17. The average molecular weight is 308 g/mol. The van der Waals surface area contributed by atoms with Gasteiger partial charge in [0.25, 0.3) is 0 Å². The van der Waals surface area contributed by atoms with Crippen molar-refractivity contribution in [1.29, 1.82) is 0 Å². The molecule has 1 heterocycles. The van der Waals surface area contributed by atoms with Crippen LogP contribution in [-0.2, 0) is 20.9 Å². The highest BCUT2D eigenvalue weighted by atomic mass is 16.6. The lowest BCUT2D eigenvalue weighted by Gasteiger charge is -2.15. The lowest BCUT2D eigenvalue weighted by Crippen LogP contribution is -2.08. The van der Waals surface area contributed by atoms with E-state index < -0.39 is 5.97 Å². The zero-order valence-electron chi connectivity index (χ0n) is 13.0. The van der Waals surface area contributed by atoms with Crippen molar-refractivity contribution in [2.75, 3.05) is 27.4 Å². The molecule has 1 aliphatic heterocycles. The Morgan fingerprint density at radius 1 is 1.32 bits per heavy atom. The Morgan fingerprint density at radius 2 is 1.91 bits per heavy atom. The molecule has 1 aliphatic rings. The van der Waals surface area contributed by atoms with E-state index in [0.717, 1.165) is 5.56 Å². The number of hydrogen-bond donors (Lipinski definition) is 0. The molecule has 1 aromatic rings. The van der Waals surface area contributed by atoms with E-state index >= 15 is 0 Å². The van der Waals surface area contributed by atoms with Crippen LogP contribution in [-0.4, -0.2) is 39.5 Å². The predicted octanol–water partition coefficient (Wildman–Crippen LogP) is 2.10. The second-order valence-electron chi connectivity index (χ2n) is 4.95. The molecule has 0 radical (unpaired) electrons. The monoisotopic (exact) mass is 308 g/mol. The fourth-order valence-electron chi connectivity index (χ4n) is 1.77. The highest BCUT2D eigenvalue weighted by molar-refractivity contribution is 5.86. The summed E-state index contributed by atoms with van der Waals surface area (Å²) in [7, 11) is 3.08. The van der Waals surface area contributed by atoms with Crippen LogP contribution in [0.3, 0.4) is 0 Å². The summed E-state index contributed by atoms with van der Waals surface area (Å²) >= 11 is 0. The normalized spacial score (nSPS) is 15.9. The standard InChI is InChI=1S/C16H20O6/c1-10(2)16(17)22-7-11-5-13(18-3)15(14(6-11)19-4)21-9-12-8-20-12/h5-6,12H,1,7-9H2,2-4H3. The van der Waals surface area contributed by atoms with E-state index in [4.69, 9.17) is 23.7 Å². The number of rotatable bonds is 8. The molecule has 1 unspecified atom stereocenters. The molecule has 1 saturated heterocycles. The van der Waals surface area contributed by atoms with Crippen molar-refractivity contribution in [3.63, 3.8) is 0 Å². The third kappa shape index (κ3) is 4.14. The van der Waals surface area contributed by atoms with Gasteiger partial charge in [0.2, 0.25) is 5.75 Å². The van der Waals surface area contributed by atoms with Crippen molar-refractivity contribution in [2.45, 2.75) is 19.6 Å². The van der Waals surface area contributed by atoms with Crippen LogP contribution in [0.1, 0.15) is 12.5 Å². The van der Waals surface area contributed by atoms with Gasteiger partial charge in [-0.05, 0) is 24.6 Å². The number of hydrogen-bond acceptors (Lipinski definition) is 6. The Kier molecular flexibility index (Phi) is 5.27. The molecule has 22 heavy (non-hydrogen) atoms. The summed E-state index contributed by atoms with van der Waals surface area (Å²) in [5.74, 6) is 1.10. The van der Waals surface area contributed by atoms with Gasteiger partial charge in [-0.15, -0.1) is 0 Å². The lowest BCUT2D eigenvalue weighted by molar-refractivity contribution is -0.140. The molecule has 0 amide bonds. The van der Waals surface area contributed by atoms with Crippen LogP contribution in [0.25, 0.3) is 0 Å². The van der Waals surface area contributed by atoms with E-state index in [1.807, 2.05) is 0 Å². The van der Waals surface area contributed by atoms with Crippen LogP contribution in [0.4, 0.5) is 0 Å². The maximum atomic E-state index is 11.5. The summed E-state index contributed by atoms with van der Waals surface area (Å²) in [6, 6.07) is 3.49. The Hall–Kier alpha value is -2.21. The van der Waals surface area contributed by atoms with Crippen molar-refractivity contribution in [2.24, 2.45) is 0 Å². The summed E-state index contributed by atoms with van der Waals surface area (Å²) in [5, 5.41) is 0. The van der Waals surface area contributed by atoms with E-state index in [9.17, 15) is 4.79 Å². The molecule has 6 nitrogen and oxygen atoms in total. The third-order valence-corrected chi connectivity index (χ3v) is 3.05. The quantitative estimate of drug-likeness (QED) is 0.416. The fraction of sp³-hybridized carbons (Fsp3) is 0.438. The maximum Gasteiger partial charge on any atom is 0.333 e. The Bertz CT molecular complexity index is 537. The van der Waals surface area contributed by atoms with Crippen LogP contribution >= 0.6 is 0 Å². The molecular weight excluding hydrogens is 288 g/mol. The van der Waals surface area contributed by atoms with Gasteiger partial charge in [-0.3, -0.25) is 0 Å². The van der Waals surface area contributed by atoms with E-state index in [1.165, 1.54) is 0 Å². The van der Waals surface area contributed by atoms with Crippen molar-refractivity contribution >= 4 is 5.97 Å². The number of ether oxygens (including phenoxy) is 5. The van der Waals surface area contributed by atoms with Gasteiger partial charge >= 0.3 is 5.97 Å². The topological polar surface area (TPSA) is 66.5 Å². The minimum Gasteiger partial charge on any atom is -0.493 e. The van der Waals surface area contributed by atoms with Crippen LogP contribution in [0, 0.1) is 0 Å². The highest BCUT2D eigenvalue weighted by Crippen LogP contribution is 2.39. The smallest absolute Gasteiger partial charge is 0.333 e. The van der Waals surface area contributed by atoms with Crippen molar-refractivity contribution < 1.29 is 28.5 Å². The number of methoxy groups -OCH3 is 2. The molecular formula is C16H20O6. The summed E-state index contributed by atoms with van der Waals surface area (Å²) in [6.07, 6.45) is 0.130. The SMILES string of the molecule is C=C(C)C(=O)OCc1cc(OC)c(OCC2CO2)c(OC)c1. The van der Waals surface area contributed by atoms with E-state index in [1.54, 1.807) is 33.3 Å². The van der Waals surface area contributed by atoms with Gasteiger partial charge < -0.3 is 23.7 Å². The molecule has 1 atom stereocenters. The molecule has 0 aromatic heterocycles. The van der Waals surface area contributed by atoms with Gasteiger partial charge in [0.1, 0.15) is 19.3 Å². The summed E-state index contributed by atoms with van der Waals surface area (Å²) in [6.45, 7) is 6.39. The molecule has 120 valence electrons. The molecule has 1 fully saturated rings. The summed E-state index contributed by atoms with van der Waals surface area (Å²) < 4.78 is 26.6. The van der Waals surface area contributed by atoms with Gasteiger partial charge in [0.15, 0.2) is 11.5 Å². The van der Waals surface area contributed by atoms with Crippen LogP contribution in [0.15, 0.2) is 24.3 Å². The first kappa shape index (κ1) is 16.2. The number of carbonyl (C=O) groups is 1. The molecule has 0 spiro atoms. The fourth-order valence-corrected chi connectivity index (χ4v) is 1.77. The van der Waals surface area contributed by atoms with Crippen LogP contribution in [0.2, 0.25) is 0 Å². The van der Waals surface area contributed by atoms with Crippen molar-refractivity contribution in [3.8, 4) is 17.2 Å². The number of benzene rings is 1. The first-order valence-electron chi connectivity index (χ1n) is 6.87. The Morgan fingerprint density at radius 3 is 2.36 bits per heavy atom. The van der Waals surface area contributed by atoms with Gasteiger partial charge in [-0.1, -0.05) is 6.58 Å². The molecule has 2 rings (SSSR count). The van der Waals surface area contributed by atoms with Crippen LogP contribution < -0.4 is 14.2 Å². The predicted molar refractivity (Wildman–Crippen MR) is 79.4 cm³/mol. The minimum atomic E-state index is -0.441. The maximum absolute atomic E-state index is 11.5. The molecule has 0 aliphatic carbocycles. The average Bonchev–Trinajstić information content (AvgIpc) is 3.34. The Labute approximate surface area is 129 Å². The highest BCUT2D eigenvalue weighted by Gasteiger charge is 2.25. The zero-order valence-corrected chi connectivity index (χ0v) is 13.0. The molecule has 1 aromatic carbocycles. The van der Waals surface area contributed by atoms with Crippen molar-refractivity contribution in [3.05, 3.63) is 29.8 Å². The van der Waals surface area contributed by atoms with Crippen LogP contribution in [0.5, 0.6) is 17.2 Å². The first-order chi connectivity index (χ1) is 10.5. The zero-order chi connectivity index (χ0) is 16.1. The molecule has 0 N–H and O–H groups in total. The van der Waals surface area contributed by atoms with Gasteiger partial charge in [-0.2, -0.15) is 0 Å². The van der Waals surface area contributed by atoms with E-state index in [-0.39, 0.29) is 12.7 Å². The Balaban J connectivity index is 2.13. The van der Waals surface area contributed by atoms with Gasteiger partial charge in [0.05, 0.1) is 20.8 Å². The number of epoxide rings is 1. The molecule has 0 saturated carbocycles. The molecule has 6 heteroatoms. The third-order valence-electron chi connectivity index (χ3n) is 3.05. The first-order valence-corrected chi connectivity index (χ1v) is 6.87. The van der Waals surface area contributed by atoms with Gasteiger partial charge in [-0.25, -0.2) is 4.79 Å². The van der Waals surface area contributed by atoms with Gasteiger partial charge in [0, 0.05) is 5.57 Å². The summed E-state index contributed by atoms with van der Waals surface area (Å²) in [4.78, 5) is 11.5. The second-order valence-corrected chi connectivity index (χ2v) is 4.95. The largest absolute Gasteiger partial charge is 0.493 e. The van der Waals surface area contributed by atoms with Crippen molar-refractivity contribution in [1.82, 2.24) is 0 Å². The molecule has 0 bridgehead atoms. The summed E-state index contributed by atoms with van der Waals surface area (Å²) in [5.41, 5.74) is 1.08. The lowest BCUT2D eigenvalue weighted by atomic mass is 10.2. The van der Waals surface area contributed by atoms with E-state index in [2.05, 4.69) is 6.58 Å². The number of carbonyl (C=O) groups excluding carboxylic acids is 1. The van der Waals surface area contributed by atoms with E-state index in [0.29, 0.717) is 36.0 Å².